The van der Waals surface area contributed by atoms with E-state index in [9.17, 15) is 4.79 Å². The van der Waals surface area contributed by atoms with Crippen LogP contribution in [0, 0.1) is 13.8 Å². The molecular weight excluding hydrogens is 290 g/mol. The van der Waals surface area contributed by atoms with Gasteiger partial charge in [-0.3, -0.25) is 4.90 Å². The molecule has 1 aliphatic rings. The predicted octanol–water partition coefficient (Wildman–Crippen LogP) is 2.94. The van der Waals surface area contributed by atoms with Crippen molar-refractivity contribution in [3.63, 3.8) is 0 Å². The van der Waals surface area contributed by atoms with Gasteiger partial charge in [0.1, 0.15) is 0 Å². The topological polar surface area (TPSA) is 58.8 Å². The fourth-order valence-electron chi connectivity index (χ4n) is 3.09. The Balaban J connectivity index is 2.00. The number of hydrogen-bond acceptors (Lipinski definition) is 4. The van der Waals surface area contributed by atoms with E-state index in [-0.39, 0.29) is 18.2 Å². The summed E-state index contributed by atoms with van der Waals surface area (Å²) in [4.78, 5) is 16.3. The maximum atomic E-state index is 12.1. The highest BCUT2D eigenvalue weighted by Crippen LogP contribution is 2.22. The largest absolute Gasteiger partial charge is 0.447 e. The van der Waals surface area contributed by atoms with Crippen molar-refractivity contribution in [3.8, 4) is 0 Å². The van der Waals surface area contributed by atoms with Crippen LogP contribution >= 0.6 is 0 Å². The second-order valence-electron chi connectivity index (χ2n) is 6.85. The summed E-state index contributed by atoms with van der Waals surface area (Å²) in [7, 11) is 0. The average Bonchev–Trinajstić information content (AvgIpc) is 2.43. The van der Waals surface area contributed by atoms with Crippen molar-refractivity contribution in [1.29, 1.82) is 0 Å². The van der Waals surface area contributed by atoms with E-state index in [1.54, 1.807) is 0 Å². The van der Waals surface area contributed by atoms with Gasteiger partial charge in [0, 0.05) is 37.9 Å². The minimum atomic E-state index is -0.205. The van der Waals surface area contributed by atoms with Gasteiger partial charge in [0.05, 0.1) is 6.10 Å². The van der Waals surface area contributed by atoms with Crippen LogP contribution in [0.25, 0.3) is 0 Å². The fraction of sp³-hybridized carbons (Fsp3) is 0.611. The number of piperazine rings is 1. The summed E-state index contributed by atoms with van der Waals surface area (Å²) in [6, 6.07) is 4.37. The molecule has 0 spiro atoms. The number of nitrogens with two attached hydrogens (primary N) is 1. The monoisotopic (exact) mass is 319 g/mol. The summed E-state index contributed by atoms with van der Waals surface area (Å²) in [6.45, 7) is 13.2. The summed E-state index contributed by atoms with van der Waals surface area (Å²) in [5.74, 6) is 0. The number of carbonyl (C=O) groups excluding carboxylic acids is 1. The molecule has 2 N–H and O–H groups in total. The molecule has 1 fully saturated rings. The zero-order valence-electron chi connectivity index (χ0n) is 14.9. The first-order chi connectivity index (χ1) is 10.8. The number of benzene rings is 1. The Bertz CT molecular complexity index is 572. The van der Waals surface area contributed by atoms with Crippen LogP contribution in [0.2, 0.25) is 0 Å². The van der Waals surface area contributed by atoms with Crippen molar-refractivity contribution in [3.05, 3.63) is 28.8 Å². The Hall–Kier alpha value is -1.75. The number of nitrogen functional groups attached to an aromatic ring is 1. The van der Waals surface area contributed by atoms with Crippen LogP contribution in [0.5, 0.6) is 0 Å². The van der Waals surface area contributed by atoms with Gasteiger partial charge in [-0.1, -0.05) is 6.07 Å². The Morgan fingerprint density at radius 2 is 2.04 bits per heavy atom. The van der Waals surface area contributed by atoms with Crippen LogP contribution in [0.15, 0.2) is 12.1 Å². The second-order valence-corrected chi connectivity index (χ2v) is 6.85. The van der Waals surface area contributed by atoms with Crippen LogP contribution in [0.1, 0.15) is 37.5 Å². The molecule has 0 aliphatic carbocycles. The minimum Gasteiger partial charge on any atom is -0.447 e. The van der Waals surface area contributed by atoms with Crippen LogP contribution in [0.4, 0.5) is 10.5 Å². The molecule has 0 bridgehead atoms. The van der Waals surface area contributed by atoms with E-state index < -0.39 is 0 Å². The van der Waals surface area contributed by atoms with Crippen molar-refractivity contribution in [2.75, 3.05) is 25.4 Å². The number of nitrogens with zero attached hydrogens (tertiary/aromatic N) is 2. The molecule has 0 radical (unpaired) electrons. The molecule has 1 aromatic carbocycles. The Morgan fingerprint density at radius 3 is 2.65 bits per heavy atom. The number of carbonyl (C=O) groups is 1. The van der Waals surface area contributed by atoms with E-state index in [0.717, 1.165) is 30.9 Å². The van der Waals surface area contributed by atoms with E-state index >= 15 is 0 Å². The molecular formula is C18H29N3O2. The highest BCUT2D eigenvalue weighted by molar-refractivity contribution is 5.68. The summed E-state index contributed by atoms with van der Waals surface area (Å²) in [6.07, 6.45) is -0.284. The lowest BCUT2D eigenvalue weighted by molar-refractivity contribution is 0.0349. The van der Waals surface area contributed by atoms with E-state index in [0.29, 0.717) is 6.54 Å². The minimum absolute atomic E-state index is 0.0781. The van der Waals surface area contributed by atoms with Crippen LogP contribution in [0.3, 0.4) is 0 Å². The lowest BCUT2D eigenvalue weighted by atomic mass is 10.0. The molecule has 1 aromatic rings. The van der Waals surface area contributed by atoms with Gasteiger partial charge >= 0.3 is 6.09 Å². The van der Waals surface area contributed by atoms with Gasteiger partial charge in [0.2, 0.25) is 0 Å². The molecule has 0 saturated carbocycles. The zero-order chi connectivity index (χ0) is 17.1. The van der Waals surface area contributed by atoms with Crippen molar-refractivity contribution in [2.45, 2.75) is 53.3 Å². The van der Waals surface area contributed by atoms with Crippen molar-refractivity contribution >= 4 is 11.8 Å². The molecule has 5 heteroatoms. The molecule has 0 unspecified atom stereocenters. The zero-order valence-corrected chi connectivity index (χ0v) is 14.9. The lowest BCUT2D eigenvalue weighted by Crippen LogP contribution is -2.54. The van der Waals surface area contributed by atoms with E-state index in [2.05, 4.69) is 31.7 Å². The number of amides is 1. The van der Waals surface area contributed by atoms with E-state index in [4.69, 9.17) is 10.5 Å². The molecule has 23 heavy (non-hydrogen) atoms. The first-order valence-electron chi connectivity index (χ1n) is 8.33. The standard InChI is InChI=1S/C18H29N3O2/c1-12(2)23-18(22)21-7-6-20(10-14(21)4)11-16-8-13(3)9-17(19)15(16)5/h8-9,12,14H,6-7,10-11,19H2,1-5H3/t14-/m0/s1. The first kappa shape index (κ1) is 17.6. The van der Waals surface area contributed by atoms with Gasteiger partial charge in [0.15, 0.2) is 0 Å². The Morgan fingerprint density at radius 1 is 1.35 bits per heavy atom. The van der Waals surface area contributed by atoms with Gasteiger partial charge < -0.3 is 15.4 Å². The Labute approximate surface area is 139 Å². The normalized spacial score (nSPS) is 19.2. The van der Waals surface area contributed by atoms with Crippen molar-refractivity contribution in [2.24, 2.45) is 0 Å². The second kappa shape index (κ2) is 7.21. The maximum absolute atomic E-state index is 12.1. The van der Waals surface area contributed by atoms with Gasteiger partial charge in [-0.15, -0.1) is 0 Å². The fourth-order valence-corrected chi connectivity index (χ4v) is 3.09. The highest BCUT2D eigenvalue weighted by Gasteiger charge is 2.29. The Kier molecular flexibility index (Phi) is 5.52. The molecule has 1 aliphatic heterocycles. The molecule has 1 saturated heterocycles. The van der Waals surface area contributed by atoms with Gasteiger partial charge in [-0.2, -0.15) is 0 Å². The molecule has 5 nitrogen and oxygen atoms in total. The SMILES string of the molecule is Cc1cc(N)c(C)c(CN2CCN(C(=O)OC(C)C)[C@@H](C)C2)c1. The smallest absolute Gasteiger partial charge is 0.410 e. The first-order valence-corrected chi connectivity index (χ1v) is 8.33. The molecule has 1 heterocycles. The lowest BCUT2D eigenvalue weighted by Gasteiger charge is -2.39. The predicted molar refractivity (Wildman–Crippen MR) is 93.4 cm³/mol. The number of ether oxygens (including phenoxy) is 1. The van der Waals surface area contributed by atoms with Gasteiger partial charge in [-0.05, 0) is 57.4 Å². The van der Waals surface area contributed by atoms with Gasteiger partial charge in [-0.25, -0.2) is 4.79 Å². The maximum Gasteiger partial charge on any atom is 0.410 e. The number of rotatable bonds is 3. The van der Waals surface area contributed by atoms with Crippen molar-refractivity contribution in [1.82, 2.24) is 9.80 Å². The number of anilines is 1. The summed E-state index contributed by atoms with van der Waals surface area (Å²) in [5, 5.41) is 0. The van der Waals surface area contributed by atoms with Crippen LogP contribution in [-0.2, 0) is 11.3 Å². The van der Waals surface area contributed by atoms with Crippen molar-refractivity contribution < 1.29 is 9.53 Å². The van der Waals surface area contributed by atoms with E-state index in [1.807, 2.05) is 24.8 Å². The third kappa shape index (κ3) is 4.38. The highest BCUT2D eigenvalue weighted by atomic mass is 16.6. The van der Waals surface area contributed by atoms with Crippen LogP contribution in [-0.4, -0.2) is 47.7 Å². The third-order valence-corrected chi connectivity index (χ3v) is 4.38. The average molecular weight is 319 g/mol. The third-order valence-electron chi connectivity index (χ3n) is 4.38. The molecule has 1 atom stereocenters. The molecule has 1 amide bonds. The number of aryl methyl sites for hydroxylation is 1. The van der Waals surface area contributed by atoms with E-state index in [1.165, 1.54) is 11.1 Å². The van der Waals surface area contributed by atoms with Crippen LogP contribution < -0.4 is 5.73 Å². The quantitative estimate of drug-likeness (QED) is 0.870. The summed E-state index contributed by atoms with van der Waals surface area (Å²) >= 11 is 0. The molecule has 2 rings (SSSR count). The summed E-state index contributed by atoms with van der Waals surface area (Å²) in [5.41, 5.74) is 10.5. The van der Waals surface area contributed by atoms with Gasteiger partial charge in [0.25, 0.3) is 0 Å². The summed E-state index contributed by atoms with van der Waals surface area (Å²) < 4.78 is 5.32. The molecule has 0 aromatic heterocycles. The number of hydrogen-bond donors (Lipinski definition) is 1. The molecule has 128 valence electrons.